The van der Waals surface area contributed by atoms with Gasteiger partial charge >= 0.3 is 5.97 Å². The van der Waals surface area contributed by atoms with Crippen LogP contribution in [0.3, 0.4) is 0 Å². The lowest BCUT2D eigenvalue weighted by molar-refractivity contribution is 0.0378. The fourth-order valence-corrected chi connectivity index (χ4v) is 2.38. The van der Waals surface area contributed by atoms with Gasteiger partial charge < -0.3 is 9.64 Å². The SMILES string of the molecule is CC(C)OC(=O)c1ccc([C@@H](C(C)C)N(C)C)cc1. The van der Waals surface area contributed by atoms with Crippen molar-refractivity contribution < 1.29 is 9.53 Å². The third-order valence-corrected chi connectivity index (χ3v) is 3.02. The van der Waals surface area contributed by atoms with Crippen LogP contribution in [0.5, 0.6) is 0 Å². The molecule has 0 aliphatic carbocycles. The van der Waals surface area contributed by atoms with Gasteiger partial charge in [0.05, 0.1) is 11.7 Å². The average Bonchev–Trinajstić information content (AvgIpc) is 2.27. The molecule has 1 aromatic carbocycles. The van der Waals surface area contributed by atoms with E-state index < -0.39 is 0 Å². The molecule has 0 aromatic heterocycles. The number of ether oxygens (including phenoxy) is 1. The number of carbonyl (C=O) groups excluding carboxylic acids is 1. The van der Waals surface area contributed by atoms with E-state index in [4.69, 9.17) is 4.74 Å². The van der Waals surface area contributed by atoms with Crippen molar-refractivity contribution in [3.05, 3.63) is 35.4 Å². The van der Waals surface area contributed by atoms with Crippen molar-refractivity contribution in [3.63, 3.8) is 0 Å². The summed E-state index contributed by atoms with van der Waals surface area (Å²) in [6.07, 6.45) is -0.0858. The van der Waals surface area contributed by atoms with Gasteiger partial charge in [0.25, 0.3) is 0 Å². The first-order valence-electron chi connectivity index (χ1n) is 6.80. The van der Waals surface area contributed by atoms with E-state index in [9.17, 15) is 4.79 Å². The predicted molar refractivity (Wildman–Crippen MR) is 78.3 cm³/mol. The van der Waals surface area contributed by atoms with Crippen LogP contribution in [0.1, 0.15) is 49.7 Å². The number of carbonyl (C=O) groups is 1. The van der Waals surface area contributed by atoms with Gasteiger partial charge in [0.2, 0.25) is 0 Å². The second kappa shape index (κ2) is 6.71. The van der Waals surface area contributed by atoms with Gasteiger partial charge in [0.15, 0.2) is 0 Å². The standard InChI is InChI=1S/C16H25NO2/c1-11(2)15(17(5)6)13-7-9-14(10-8-13)16(18)19-12(3)4/h7-12,15H,1-6H3/t15-/m1/s1. The van der Waals surface area contributed by atoms with Gasteiger partial charge in [-0.05, 0) is 51.6 Å². The predicted octanol–water partition coefficient (Wildman–Crippen LogP) is 3.51. The normalized spacial score (nSPS) is 13.1. The molecule has 1 aromatic rings. The lowest BCUT2D eigenvalue weighted by atomic mass is 9.94. The van der Waals surface area contributed by atoms with Gasteiger partial charge in [0, 0.05) is 6.04 Å². The Hall–Kier alpha value is -1.35. The number of rotatable bonds is 5. The molecule has 0 amide bonds. The second-order valence-electron chi connectivity index (χ2n) is 5.73. The van der Waals surface area contributed by atoms with Crippen molar-refractivity contribution in [1.29, 1.82) is 0 Å². The van der Waals surface area contributed by atoms with E-state index in [0.29, 0.717) is 17.5 Å². The van der Waals surface area contributed by atoms with Gasteiger partial charge in [-0.25, -0.2) is 4.79 Å². The lowest BCUT2D eigenvalue weighted by Gasteiger charge is -2.28. The largest absolute Gasteiger partial charge is 0.459 e. The van der Waals surface area contributed by atoms with Gasteiger partial charge in [-0.1, -0.05) is 26.0 Å². The van der Waals surface area contributed by atoms with E-state index in [1.807, 2.05) is 38.1 Å². The zero-order chi connectivity index (χ0) is 14.6. The minimum Gasteiger partial charge on any atom is -0.459 e. The minimum absolute atomic E-state index is 0.0858. The van der Waals surface area contributed by atoms with E-state index in [2.05, 4.69) is 32.8 Å². The van der Waals surface area contributed by atoms with E-state index in [-0.39, 0.29) is 12.1 Å². The molecule has 0 saturated heterocycles. The summed E-state index contributed by atoms with van der Waals surface area (Å²) in [6.45, 7) is 8.11. The zero-order valence-electron chi connectivity index (χ0n) is 12.8. The van der Waals surface area contributed by atoms with Crippen LogP contribution in [0.15, 0.2) is 24.3 Å². The maximum atomic E-state index is 11.8. The summed E-state index contributed by atoms with van der Waals surface area (Å²) in [7, 11) is 4.15. The number of hydrogen-bond acceptors (Lipinski definition) is 3. The van der Waals surface area contributed by atoms with Crippen molar-refractivity contribution >= 4 is 5.97 Å². The number of hydrogen-bond donors (Lipinski definition) is 0. The molecule has 0 bridgehead atoms. The Bertz CT molecular complexity index is 399. The third kappa shape index (κ3) is 4.35. The molecule has 0 aliphatic heterocycles. The van der Waals surface area contributed by atoms with Crippen LogP contribution in [0.2, 0.25) is 0 Å². The molecular formula is C16H25NO2. The van der Waals surface area contributed by atoms with Gasteiger partial charge in [-0.2, -0.15) is 0 Å². The monoisotopic (exact) mass is 263 g/mol. The highest BCUT2D eigenvalue weighted by Crippen LogP contribution is 2.26. The van der Waals surface area contributed by atoms with Crippen LogP contribution >= 0.6 is 0 Å². The van der Waals surface area contributed by atoms with Crippen LogP contribution in [0, 0.1) is 5.92 Å². The summed E-state index contributed by atoms with van der Waals surface area (Å²) in [5, 5.41) is 0. The third-order valence-electron chi connectivity index (χ3n) is 3.02. The molecule has 3 heteroatoms. The van der Waals surface area contributed by atoms with Crippen molar-refractivity contribution in [2.24, 2.45) is 5.92 Å². The van der Waals surface area contributed by atoms with Crippen molar-refractivity contribution in [1.82, 2.24) is 4.90 Å². The molecule has 0 saturated carbocycles. The Labute approximate surface area is 116 Å². The van der Waals surface area contributed by atoms with E-state index in [1.165, 1.54) is 5.56 Å². The van der Waals surface area contributed by atoms with Crippen molar-refractivity contribution in [2.75, 3.05) is 14.1 Å². The summed E-state index contributed by atoms with van der Waals surface area (Å²) in [4.78, 5) is 14.0. The summed E-state index contributed by atoms with van der Waals surface area (Å²) < 4.78 is 5.18. The van der Waals surface area contributed by atoms with Gasteiger partial charge in [0.1, 0.15) is 0 Å². The highest BCUT2D eigenvalue weighted by molar-refractivity contribution is 5.89. The van der Waals surface area contributed by atoms with Crippen LogP contribution in [-0.2, 0) is 4.74 Å². The van der Waals surface area contributed by atoms with Crippen molar-refractivity contribution in [3.8, 4) is 0 Å². The average molecular weight is 263 g/mol. The van der Waals surface area contributed by atoms with Gasteiger partial charge in [-0.3, -0.25) is 0 Å². The quantitative estimate of drug-likeness (QED) is 0.761. The van der Waals surface area contributed by atoms with Crippen LogP contribution in [0.25, 0.3) is 0 Å². The zero-order valence-corrected chi connectivity index (χ0v) is 12.8. The maximum Gasteiger partial charge on any atom is 0.338 e. The Morgan fingerprint density at radius 2 is 1.58 bits per heavy atom. The lowest BCUT2D eigenvalue weighted by Crippen LogP contribution is -2.24. The second-order valence-corrected chi connectivity index (χ2v) is 5.73. The highest BCUT2D eigenvalue weighted by atomic mass is 16.5. The molecule has 19 heavy (non-hydrogen) atoms. The minimum atomic E-state index is -0.257. The van der Waals surface area contributed by atoms with Crippen LogP contribution in [-0.4, -0.2) is 31.1 Å². The molecule has 0 radical (unpaired) electrons. The molecule has 0 heterocycles. The Morgan fingerprint density at radius 1 is 1.05 bits per heavy atom. The number of nitrogens with zero attached hydrogens (tertiary/aromatic N) is 1. The molecule has 106 valence electrons. The van der Waals surface area contributed by atoms with Gasteiger partial charge in [-0.15, -0.1) is 0 Å². The molecule has 0 unspecified atom stereocenters. The topological polar surface area (TPSA) is 29.5 Å². The molecule has 0 aliphatic rings. The molecule has 0 fully saturated rings. The van der Waals surface area contributed by atoms with E-state index in [1.54, 1.807) is 0 Å². The first-order valence-corrected chi connectivity index (χ1v) is 6.80. The molecular weight excluding hydrogens is 238 g/mol. The summed E-state index contributed by atoms with van der Waals surface area (Å²) >= 11 is 0. The Balaban J connectivity index is 2.89. The smallest absolute Gasteiger partial charge is 0.338 e. The molecule has 3 nitrogen and oxygen atoms in total. The van der Waals surface area contributed by atoms with Crippen LogP contribution in [0.4, 0.5) is 0 Å². The fourth-order valence-electron chi connectivity index (χ4n) is 2.38. The molecule has 1 rings (SSSR count). The number of benzene rings is 1. The number of esters is 1. The first-order chi connectivity index (χ1) is 8.82. The molecule has 1 atom stereocenters. The summed E-state index contributed by atoms with van der Waals surface area (Å²) in [6, 6.07) is 8.08. The summed E-state index contributed by atoms with van der Waals surface area (Å²) in [5.74, 6) is 0.260. The first kappa shape index (κ1) is 15.7. The van der Waals surface area contributed by atoms with E-state index in [0.717, 1.165) is 0 Å². The van der Waals surface area contributed by atoms with Crippen LogP contribution < -0.4 is 0 Å². The Morgan fingerprint density at radius 3 is 1.95 bits per heavy atom. The molecule has 0 N–H and O–H groups in total. The van der Waals surface area contributed by atoms with Crippen molar-refractivity contribution in [2.45, 2.75) is 39.8 Å². The van der Waals surface area contributed by atoms with E-state index >= 15 is 0 Å². The fraction of sp³-hybridized carbons (Fsp3) is 0.562. The molecule has 0 spiro atoms. The highest BCUT2D eigenvalue weighted by Gasteiger charge is 2.18. The Kier molecular flexibility index (Phi) is 5.55. The summed E-state index contributed by atoms with van der Waals surface area (Å²) in [5.41, 5.74) is 1.83. The maximum absolute atomic E-state index is 11.8.